The fraction of sp³-hybridized carbons (Fsp3) is 0.209. The quantitative estimate of drug-likeness (QED) is 0.115. The second kappa shape index (κ2) is 27.7. The van der Waals surface area contributed by atoms with Crippen molar-refractivity contribution in [3.63, 3.8) is 0 Å². The van der Waals surface area contributed by atoms with Gasteiger partial charge in [-0.25, -0.2) is 0 Å². The van der Waals surface area contributed by atoms with Gasteiger partial charge in [0.25, 0.3) is 0 Å². The molecule has 0 heteroatoms. The van der Waals surface area contributed by atoms with Gasteiger partial charge < -0.3 is 0 Å². The first-order valence-corrected chi connectivity index (χ1v) is 15.6. The maximum Gasteiger partial charge on any atom is -0.00990 e. The van der Waals surface area contributed by atoms with E-state index in [1.807, 2.05) is 85.7 Å². The second-order valence-electron chi connectivity index (χ2n) is 8.29. The van der Waals surface area contributed by atoms with Crippen LogP contribution < -0.4 is 0 Å². The van der Waals surface area contributed by atoms with Crippen molar-refractivity contribution >= 4 is 37.9 Å². The summed E-state index contributed by atoms with van der Waals surface area (Å²) in [6.07, 6.45) is 11.3. The molecule has 0 atom stereocenters. The molecule has 43 heavy (non-hydrogen) atoms. The van der Waals surface area contributed by atoms with Gasteiger partial charge in [0.05, 0.1) is 0 Å². The smallest absolute Gasteiger partial charge is 0.00990 e. The van der Waals surface area contributed by atoms with Gasteiger partial charge >= 0.3 is 0 Å². The first-order valence-electron chi connectivity index (χ1n) is 15.6. The molecule has 228 valence electrons. The predicted molar refractivity (Wildman–Crippen MR) is 204 cm³/mol. The molecule has 0 saturated heterocycles. The van der Waals surface area contributed by atoms with Gasteiger partial charge in [0.2, 0.25) is 0 Å². The predicted octanol–water partition coefficient (Wildman–Crippen LogP) is 14.4. The highest BCUT2D eigenvalue weighted by molar-refractivity contribution is 6.25. The van der Waals surface area contributed by atoms with E-state index in [2.05, 4.69) is 118 Å². The summed E-state index contributed by atoms with van der Waals surface area (Å²) in [6.45, 7) is 28.2. The number of benzene rings is 5. The summed E-state index contributed by atoms with van der Waals surface area (Å²) in [4.78, 5) is 0. The third-order valence-electron chi connectivity index (χ3n) is 5.47. The van der Waals surface area contributed by atoms with Crippen molar-refractivity contribution < 1.29 is 0 Å². The van der Waals surface area contributed by atoms with Gasteiger partial charge in [-0.05, 0) is 64.2 Å². The highest BCUT2D eigenvalue weighted by Gasteiger charge is 2.06. The third-order valence-corrected chi connectivity index (χ3v) is 5.47. The highest BCUT2D eigenvalue weighted by Crippen LogP contribution is 2.34. The Morgan fingerprint density at radius 2 is 0.698 bits per heavy atom. The maximum absolute atomic E-state index is 3.61. The fourth-order valence-electron chi connectivity index (χ4n) is 3.93. The Hall–Kier alpha value is -4.42. The van der Waals surface area contributed by atoms with E-state index >= 15 is 0 Å². The van der Waals surface area contributed by atoms with Gasteiger partial charge in [-0.1, -0.05) is 188 Å². The minimum atomic E-state index is 1.26. The minimum absolute atomic E-state index is 1.26. The van der Waals surface area contributed by atoms with E-state index in [9.17, 15) is 0 Å². The van der Waals surface area contributed by atoms with Crippen LogP contribution in [-0.4, -0.2) is 0 Å². The molecular formula is C43H56. The zero-order valence-electron chi connectivity index (χ0n) is 28.4. The summed E-state index contributed by atoms with van der Waals surface area (Å²) in [6, 6.07) is 36.3. The van der Waals surface area contributed by atoms with Crippen LogP contribution in [0.3, 0.4) is 0 Å². The molecule has 0 spiro atoms. The largest absolute Gasteiger partial charge is 0.103 e. The van der Waals surface area contributed by atoms with Gasteiger partial charge in [0.1, 0.15) is 0 Å². The minimum Gasteiger partial charge on any atom is -0.103 e. The lowest BCUT2D eigenvalue weighted by atomic mass is 9.95. The molecule has 0 saturated carbocycles. The summed E-state index contributed by atoms with van der Waals surface area (Å²) < 4.78 is 0. The average molecular weight is 573 g/mol. The van der Waals surface area contributed by atoms with Crippen molar-refractivity contribution in [3.05, 3.63) is 165 Å². The Morgan fingerprint density at radius 1 is 0.442 bits per heavy atom. The average Bonchev–Trinajstić information content (AvgIpc) is 3.09. The summed E-state index contributed by atoms with van der Waals surface area (Å²) in [5.41, 5.74) is 2.52. The molecule has 0 aliphatic rings. The van der Waals surface area contributed by atoms with Crippen LogP contribution in [0.25, 0.3) is 37.9 Å². The molecule has 0 nitrogen and oxygen atoms in total. The molecule has 0 unspecified atom stereocenters. The standard InChI is InChI=1S/C18H12.C13H14.2C3H6.3C2H6/c1-2-8-14-13(7-1)15-9-3-4-11-17(15)18-12-6-5-10-16(14)18;1-3-4-6-9-12(2)13-10-7-5-8-11-13;2*1-3-2;3*1-2/h1-12H;3-11H,1H2,2H3;2*3H,1H2,2H3;3*1-2H3/b;6-4-,12-9+;;;;;. The SMILES string of the molecule is C=C/C=C\C=C(/C)c1ccccc1.C=CC.C=CC.CC.CC.CC.c1ccc2c(c1)c1ccccc1c1ccccc21. The molecule has 5 aromatic carbocycles. The molecule has 0 fully saturated rings. The number of hydrogen-bond donors (Lipinski definition) is 0. The van der Waals surface area contributed by atoms with Gasteiger partial charge in [0, 0.05) is 0 Å². The highest BCUT2D eigenvalue weighted by atomic mass is 14.1. The van der Waals surface area contributed by atoms with Crippen molar-refractivity contribution in [2.24, 2.45) is 0 Å². The molecule has 0 aliphatic heterocycles. The first-order chi connectivity index (χ1) is 21.1. The Kier molecular flexibility index (Phi) is 26.3. The van der Waals surface area contributed by atoms with E-state index in [-0.39, 0.29) is 0 Å². The van der Waals surface area contributed by atoms with E-state index in [1.54, 1.807) is 18.2 Å². The van der Waals surface area contributed by atoms with E-state index in [0.29, 0.717) is 0 Å². The Morgan fingerprint density at radius 3 is 0.953 bits per heavy atom. The van der Waals surface area contributed by atoms with E-state index < -0.39 is 0 Å². The Balaban J connectivity index is 0. The molecular weight excluding hydrogens is 516 g/mol. The van der Waals surface area contributed by atoms with Crippen LogP contribution in [-0.2, 0) is 0 Å². The summed E-state index contributed by atoms with van der Waals surface area (Å²) in [7, 11) is 0. The van der Waals surface area contributed by atoms with E-state index in [0.717, 1.165) is 0 Å². The van der Waals surface area contributed by atoms with Crippen LogP contribution in [0.2, 0.25) is 0 Å². The van der Waals surface area contributed by atoms with Crippen molar-refractivity contribution in [2.45, 2.75) is 62.3 Å². The summed E-state index contributed by atoms with van der Waals surface area (Å²) in [5.74, 6) is 0. The zero-order valence-corrected chi connectivity index (χ0v) is 28.4. The van der Waals surface area contributed by atoms with Crippen molar-refractivity contribution in [1.82, 2.24) is 0 Å². The molecule has 0 bridgehead atoms. The molecule has 0 aliphatic carbocycles. The molecule has 0 radical (unpaired) electrons. The van der Waals surface area contributed by atoms with Crippen LogP contribution in [0.15, 0.2) is 159 Å². The van der Waals surface area contributed by atoms with Crippen LogP contribution in [0.5, 0.6) is 0 Å². The number of hydrogen-bond acceptors (Lipinski definition) is 0. The lowest BCUT2D eigenvalue weighted by molar-refractivity contribution is 1.50. The number of fused-ring (bicyclic) bond motifs is 6. The van der Waals surface area contributed by atoms with Gasteiger partial charge in [0.15, 0.2) is 0 Å². The van der Waals surface area contributed by atoms with Gasteiger partial charge in [-0.15, -0.1) is 13.2 Å². The first kappa shape index (κ1) is 40.7. The van der Waals surface area contributed by atoms with Crippen molar-refractivity contribution in [1.29, 1.82) is 0 Å². The fourth-order valence-corrected chi connectivity index (χ4v) is 3.93. The lowest BCUT2D eigenvalue weighted by Crippen LogP contribution is -1.81. The normalized spacial score (nSPS) is 9.37. The van der Waals surface area contributed by atoms with Crippen LogP contribution in [0.1, 0.15) is 67.9 Å². The Bertz CT molecular complexity index is 1250. The van der Waals surface area contributed by atoms with Crippen LogP contribution in [0, 0.1) is 0 Å². The lowest BCUT2D eigenvalue weighted by Gasteiger charge is -2.09. The molecule has 0 aromatic heterocycles. The number of allylic oxidation sites excluding steroid dienone is 7. The second-order valence-corrected chi connectivity index (χ2v) is 8.29. The van der Waals surface area contributed by atoms with Crippen molar-refractivity contribution in [2.75, 3.05) is 0 Å². The molecule has 5 rings (SSSR count). The maximum atomic E-state index is 3.61. The number of rotatable bonds is 3. The van der Waals surface area contributed by atoms with E-state index in [4.69, 9.17) is 0 Å². The molecule has 0 heterocycles. The molecule has 0 N–H and O–H groups in total. The summed E-state index contributed by atoms with van der Waals surface area (Å²) in [5, 5.41) is 8.04. The summed E-state index contributed by atoms with van der Waals surface area (Å²) >= 11 is 0. The van der Waals surface area contributed by atoms with Crippen LogP contribution in [0.4, 0.5) is 0 Å². The van der Waals surface area contributed by atoms with Gasteiger partial charge in [-0.3, -0.25) is 0 Å². The monoisotopic (exact) mass is 572 g/mol. The van der Waals surface area contributed by atoms with Crippen molar-refractivity contribution in [3.8, 4) is 0 Å². The Labute approximate surface area is 264 Å². The molecule has 0 amide bonds. The van der Waals surface area contributed by atoms with Crippen LogP contribution >= 0.6 is 0 Å². The third kappa shape index (κ3) is 14.3. The van der Waals surface area contributed by atoms with E-state index in [1.165, 1.54) is 43.5 Å². The topological polar surface area (TPSA) is 0 Å². The molecule has 5 aromatic rings. The van der Waals surface area contributed by atoms with Gasteiger partial charge in [-0.2, -0.15) is 0 Å². The zero-order chi connectivity index (χ0) is 32.9.